The molecule has 0 bridgehead atoms. The Labute approximate surface area is 71.8 Å². The predicted octanol–water partition coefficient (Wildman–Crippen LogP) is 0.499. The van der Waals surface area contributed by atoms with Crippen molar-refractivity contribution in [3.63, 3.8) is 0 Å². The molecule has 0 radical (unpaired) electrons. The van der Waals surface area contributed by atoms with Crippen LogP contribution in [-0.4, -0.2) is 17.2 Å². The van der Waals surface area contributed by atoms with Crippen molar-refractivity contribution >= 4 is 39.2 Å². The first-order chi connectivity index (χ1) is 4.61. The van der Waals surface area contributed by atoms with Gasteiger partial charge in [0.25, 0.3) is 0 Å². The monoisotopic (exact) mass is 220 g/mol. The molecular weight excluding hydrogens is 215 g/mol. The van der Waals surface area contributed by atoms with E-state index >= 15 is 0 Å². The maximum Gasteiger partial charge on any atom is 0.499 e. The van der Waals surface area contributed by atoms with E-state index in [2.05, 4.69) is 15.9 Å². The number of aryl methyl sites for hydroxylation is 1. The first-order valence-electron chi connectivity index (χ1n) is 2.73. The van der Waals surface area contributed by atoms with Crippen molar-refractivity contribution in [1.29, 1.82) is 0 Å². The van der Waals surface area contributed by atoms with Gasteiger partial charge in [-0.15, -0.1) is 11.3 Å². The Bertz CT molecular complexity index is 216. The van der Waals surface area contributed by atoms with Crippen LogP contribution in [0.2, 0.25) is 0 Å². The van der Waals surface area contributed by atoms with Crippen molar-refractivity contribution in [1.82, 2.24) is 0 Å². The summed E-state index contributed by atoms with van der Waals surface area (Å²) >= 11 is 4.65. The molecule has 0 atom stereocenters. The largest absolute Gasteiger partial charge is 0.499 e. The maximum absolute atomic E-state index is 8.71. The van der Waals surface area contributed by atoms with Crippen LogP contribution in [0.25, 0.3) is 0 Å². The van der Waals surface area contributed by atoms with Crippen LogP contribution >= 0.6 is 27.3 Å². The quantitative estimate of drug-likeness (QED) is 0.677. The third-order valence-corrected chi connectivity index (χ3v) is 3.31. The van der Waals surface area contributed by atoms with E-state index in [-0.39, 0.29) is 0 Å². The number of thiophene rings is 1. The highest BCUT2D eigenvalue weighted by atomic mass is 79.9. The van der Waals surface area contributed by atoms with Crippen LogP contribution in [0.5, 0.6) is 0 Å². The Morgan fingerprint density at radius 3 is 2.40 bits per heavy atom. The number of hydrogen-bond donors (Lipinski definition) is 2. The normalized spacial score (nSPS) is 10.0. The molecule has 0 aliphatic heterocycles. The minimum atomic E-state index is -1.34. The molecule has 1 rings (SSSR count). The van der Waals surface area contributed by atoms with Gasteiger partial charge in [0, 0.05) is 14.1 Å². The van der Waals surface area contributed by atoms with Gasteiger partial charge in [0.1, 0.15) is 0 Å². The van der Waals surface area contributed by atoms with Crippen LogP contribution in [0, 0.1) is 6.92 Å². The summed E-state index contributed by atoms with van der Waals surface area (Å²) in [5.41, 5.74) is 0. The molecule has 0 unspecified atom stereocenters. The van der Waals surface area contributed by atoms with E-state index in [1.807, 2.05) is 6.92 Å². The molecule has 0 aliphatic carbocycles. The number of rotatable bonds is 1. The molecule has 0 aliphatic rings. The topological polar surface area (TPSA) is 40.5 Å². The van der Waals surface area contributed by atoms with E-state index in [1.165, 1.54) is 11.3 Å². The van der Waals surface area contributed by atoms with Crippen molar-refractivity contribution < 1.29 is 10.0 Å². The van der Waals surface area contributed by atoms with Crippen molar-refractivity contribution in [2.24, 2.45) is 0 Å². The minimum Gasteiger partial charge on any atom is -0.423 e. The van der Waals surface area contributed by atoms with E-state index < -0.39 is 7.12 Å². The van der Waals surface area contributed by atoms with Gasteiger partial charge in [0.15, 0.2) is 0 Å². The summed E-state index contributed by atoms with van der Waals surface area (Å²) in [4.78, 5) is 1.06. The predicted molar refractivity (Wildman–Crippen MR) is 46.6 cm³/mol. The zero-order valence-electron chi connectivity index (χ0n) is 5.34. The molecule has 54 valence electrons. The van der Waals surface area contributed by atoms with Crippen LogP contribution in [0.1, 0.15) is 4.88 Å². The summed E-state index contributed by atoms with van der Waals surface area (Å²) in [6.45, 7) is 1.92. The van der Waals surface area contributed by atoms with Gasteiger partial charge in [-0.05, 0) is 28.9 Å². The molecule has 0 amide bonds. The molecule has 0 saturated heterocycles. The standard InChI is InChI=1S/C5H6BBrO2S/c1-3-4(7)2-5(10-3)6(8)9/h2,8-9H,1H3. The first kappa shape index (κ1) is 8.26. The van der Waals surface area contributed by atoms with Gasteiger partial charge in [-0.2, -0.15) is 0 Å². The van der Waals surface area contributed by atoms with Crippen LogP contribution in [0.3, 0.4) is 0 Å². The van der Waals surface area contributed by atoms with Crippen molar-refractivity contribution in [3.8, 4) is 0 Å². The molecule has 2 nitrogen and oxygen atoms in total. The Kier molecular flexibility index (Phi) is 2.52. The van der Waals surface area contributed by atoms with Crippen LogP contribution in [0.15, 0.2) is 10.5 Å². The third-order valence-electron chi connectivity index (χ3n) is 1.13. The Balaban J connectivity index is 2.98. The average Bonchev–Trinajstić information content (AvgIpc) is 2.13. The van der Waals surface area contributed by atoms with Gasteiger partial charge in [-0.25, -0.2) is 0 Å². The zero-order chi connectivity index (χ0) is 7.72. The van der Waals surface area contributed by atoms with E-state index in [9.17, 15) is 0 Å². The lowest BCUT2D eigenvalue weighted by Gasteiger charge is -1.87. The summed E-state index contributed by atoms with van der Waals surface area (Å²) in [7, 11) is -1.34. The van der Waals surface area contributed by atoms with E-state index in [1.54, 1.807) is 6.07 Å². The summed E-state index contributed by atoms with van der Waals surface area (Å²) in [6.07, 6.45) is 0. The van der Waals surface area contributed by atoms with Gasteiger partial charge in [0.05, 0.1) is 0 Å². The summed E-state index contributed by atoms with van der Waals surface area (Å²) < 4.78 is 1.50. The van der Waals surface area contributed by atoms with Gasteiger partial charge in [-0.3, -0.25) is 0 Å². The SMILES string of the molecule is Cc1sc(B(O)O)cc1Br. The number of hydrogen-bond acceptors (Lipinski definition) is 3. The fraction of sp³-hybridized carbons (Fsp3) is 0.200. The van der Waals surface area contributed by atoms with Crippen LogP contribution in [0.4, 0.5) is 0 Å². The lowest BCUT2D eigenvalue weighted by molar-refractivity contribution is 0.427. The third kappa shape index (κ3) is 1.60. The van der Waals surface area contributed by atoms with Crippen molar-refractivity contribution in [2.75, 3.05) is 0 Å². The van der Waals surface area contributed by atoms with Crippen molar-refractivity contribution in [2.45, 2.75) is 6.92 Å². The molecule has 0 fully saturated rings. The molecule has 0 saturated carbocycles. The first-order valence-corrected chi connectivity index (χ1v) is 4.34. The highest BCUT2D eigenvalue weighted by molar-refractivity contribution is 9.10. The highest BCUT2D eigenvalue weighted by Crippen LogP contribution is 2.19. The van der Waals surface area contributed by atoms with Gasteiger partial charge in [0.2, 0.25) is 0 Å². The van der Waals surface area contributed by atoms with Crippen LogP contribution < -0.4 is 4.78 Å². The maximum atomic E-state index is 8.71. The molecule has 0 aromatic carbocycles. The van der Waals surface area contributed by atoms with Crippen LogP contribution in [-0.2, 0) is 0 Å². The van der Waals surface area contributed by atoms with Crippen molar-refractivity contribution in [3.05, 3.63) is 15.4 Å². The molecule has 1 aromatic rings. The number of halogens is 1. The Morgan fingerprint density at radius 2 is 2.20 bits per heavy atom. The van der Waals surface area contributed by atoms with Gasteiger partial charge < -0.3 is 10.0 Å². The smallest absolute Gasteiger partial charge is 0.423 e. The molecule has 0 spiro atoms. The molecule has 10 heavy (non-hydrogen) atoms. The highest BCUT2D eigenvalue weighted by Gasteiger charge is 2.14. The summed E-state index contributed by atoms with van der Waals surface area (Å²) in [6, 6.07) is 1.71. The fourth-order valence-electron chi connectivity index (χ4n) is 0.609. The molecule has 1 heterocycles. The summed E-state index contributed by atoms with van der Waals surface area (Å²) in [5, 5.41) is 17.4. The fourth-order valence-corrected chi connectivity index (χ4v) is 2.04. The molecule has 2 N–H and O–H groups in total. The Hall–Kier alpha value is 0.165. The van der Waals surface area contributed by atoms with E-state index in [0.29, 0.717) is 4.78 Å². The summed E-state index contributed by atoms with van der Waals surface area (Å²) in [5.74, 6) is 0. The van der Waals surface area contributed by atoms with Gasteiger partial charge in [-0.1, -0.05) is 0 Å². The lowest BCUT2D eigenvalue weighted by Crippen LogP contribution is -2.26. The zero-order valence-corrected chi connectivity index (χ0v) is 7.74. The second-order valence-corrected chi connectivity index (χ2v) is 4.07. The van der Waals surface area contributed by atoms with E-state index in [0.717, 1.165) is 9.35 Å². The van der Waals surface area contributed by atoms with E-state index in [4.69, 9.17) is 10.0 Å². The second-order valence-electron chi connectivity index (χ2n) is 1.93. The van der Waals surface area contributed by atoms with Gasteiger partial charge >= 0.3 is 7.12 Å². The molecule has 1 aromatic heterocycles. The Morgan fingerprint density at radius 1 is 1.60 bits per heavy atom. The average molecular weight is 221 g/mol. The lowest BCUT2D eigenvalue weighted by atomic mass is 9.90. The molecule has 5 heteroatoms. The minimum absolute atomic E-state index is 0.573. The second kappa shape index (κ2) is 3.05. The molecular formula is C5H6BBrO2S.